The Morgan fingerprint density at radius 2 is 2.17 bits per heavy atom. The summed E-state index contributed by atoms with van der Waals surface area (Å²) in [5, 5.41) is 0. The number of hydrogen-bond acceptors (Lipinski definition) is 4. The molecule has 0 saturated carbocycles. The Bertz CT molecular complexity index is 496. The zero-order valence-electron chi connectivity index (χ0n) is 10.7. The first-order valence-corrected chi connectivity index (χ1v) is 5.98. The average molecular weight is 242 g/mol. The van der Waals surface area contributed by atoms with E-state index in [1.54, 1.807) is 12.4 Å². The predicted molar refractivity (Wildman–Crippen MR) is 73.2 cm³/mol. The highest BCUT2D eigenvalue weighted by molar-refractivity contribution is 5.41. The Morgan fingerprint density at radius 1 is 1.33 bits per heavy atom. The van der Waals surface area contributed by atoms with Gasteiger partial charge in [0.2, 0.25) is 0 Å². The van der Waals surface area contributed by atoms with E-state index >= 15 is 0 Å². The molecule has 0 radical (unpaired) electrons. The average Bonchev–Trinajstić information content (AvgIpc) is 2.40. The normalized spacial score (nSPS) is 12.2. The number of rotatable bonds is 4. The fourth-order valence-electron chi connectivity index (χ4n) is 1.77. The minimum atomic E-state index is 0.0264. The topological polar surface area (TPSA) is 55.0 Å². The Balaban J connectivity index is 2.14. The molecule has 0 spiro atoms. The van der Waals surface area contributed by atoms with Crippen LogP contribution in [0.15, 0.2) is 42.9 Å². The van der Waals surface area contributed by atoms with Gasteiger partial charge < -0.3 is 10.6 Å². The minimum absolute atomic E-state index is 0.0264. The van der Waals surface area contributed by atoms with E-state index in [4.69, 9.17) is 5.73 Å². The molecule has 1 atom stereocenters. The van der Waals surface area contributed by atoms with Crippen molar-refractivity contribution in [3.63, 3.8) is 0 Å². The summed E-state index contributed by atoms with van der Waals surface area (Å²) < 4.78 is 0. The van der Waals surface area contributed by atoms with Gasteiger partial charge in [-0.1, -0.05) is 6.07 Å². The van der Waals surface area contributed by atoms with E-state index in [2.05, 4.69) is 20.9 Å². The zero-order chi connectivity index (χ0) is 13.0. The van der Waals surface area contributed by atoms with Crippen LogP contribution < -0.4 is 10.6 Å². The molecule has 0 fully saturated rings. The van der Waals surface area contributed by atoms with Crippen molar-refractivity contribution < 1.29 is 0 Å². The molecule has 0 aromatic carbocycles. The summed E-state index contributed by atoms with van der Waals surface area (Å²) >= 11 is 0. The molecule has 2 aromatic rings. The molecular weight excluding hydrogens is 224 g/mol. The van der Waals surface area contributed by atoms with E-state index in [1.807, 2.05) is 38.4 Å². The van der Waals surface area contributed by atoms with Crippen molar-refractivity contribution in [2.75, 3.05) is 11.9 Å². The lowest BCUT2D eigenvalue weighted by Gasteiger charge is -2.19. The second-order valence-electron chi connectivity index (χ2n) is 4.45. The van der Waals surface area contributed by atoms with Gasteiger partial charge in [-0.2, -0.15) is 0 Å². The van der Waals surface area contributed by atoms with Crippen LogP contribution in [0.3, 0.4) is 0 Å². The van der Waals surface area contributed by atoms with Crippen LogP contribution in [0.2, 0.25) is 0 Å². The Kier molecular flexibility index (Phi) is 3.89. The molecule has 2 rings (SSSR count). The molecule has 0 aliphatic heterocycles. The molecule has 0 amide bonds. The van der Waals surface area contributed by atoms with Crippen molar-refractivity contribution in [2.45, 2.75) is 19.5 Å². The van der Waals surface area contributed by atoms with E-state index in [1.165, 1.54) is 0 Å². The van der Waals surface area contributed by atoms with Crippen molar-refractivity contribution in [3.05, 3.63) is 54.0 Å². The number of pyridine rings is 2. The fraction of sp³-hybridized carbons (Fsp3) is 0.286. The summed E-state index contributed by atoms with van der Waals surface area (Å²) in [4.78, 5) is 10.6. The molecule has 2 N–H and O–H groups in total. The monoisotopic (exact) mass is 242 g/mol. The van der Waals surface area contributed by atoms with Gasteiger partial charge in [0.1, 0.15) is 5.82 Å². The van der Waals surface area contributed by atoms with Crippen LogP contribution in [-0.4, -0.2) is 17.0 Å². The van der Waals surface area contributed by atoms with Gasteiger partial charge in [-0.3, -0.25) is 4.98 Å². The third kappa shape index (κ3) is 3.05. The summed E-state index contributed by atoms with van der Waals surface area (Å²) in [7, 11) is 2.01. The third-order valence-electron chi connectivity index (χ3n) is 2.83. The van der Waals surface area contributed by atoms with Crippen LogP contribution in [0.1, 0.15) is 24.1 Å². The first kappa shape index (κ1) is 12.5. The highest BCUT2D eigenvalue weighted by Crippen LogP contribution is 2.17. The lowest BCUT2D eigenvalue weighted by Crippen LogP contribution is -2.18. The zero-order valence-corrected chi connectivity index (χ0v) is 10.7. The Hall–Kier alpha value is -1.94. The molecule has 0 saturated heterocycles. The second kappa shape index (κ2) is 5.60. The molecule has 0 aliphatic rings. The van der Waals surface area contributed by atoms with E-state index in [0.717, 1.165) is 23.5 Å². The number of aromatic nitrogens is 2. The molecule has 2 aromatic heterocycles. The standard InChI is InChI=1S/C14H18N4/c1-11(15)13-5-7-17-14(8-13)18(2)10-12-4-3-6-16-9-12/h3-9,11H,10,15H2,1-2H3. The first-order chi connectivity index (χ1) is 8.66. The molecule has 4 heteroatoms. The van der Waals surface area contributed by atoms with Crippen molar-refractivity contribution in [1.29, 1.82) is 0 Å². The second-order valence-corrected chi connectivity index (χ2v) is 4.45. The quantitative estimate of drug-likeness (QED) is 0.892. The van der Waals surface area contributed by atoms with Crippen LogP contribution in [-0.2, 0) is 6.54 Å². The van der Waals surface area contributed by atoms with Gasteiger partial charge in [-0.15, -0.1) is 0 Å². The van der Waals surface area contributed by atoms with E-state index in [0.29, 0.717) is 0 Å². The SMILES string of the molecule is CC(N)c1ccnc(N(C)Cc2cccnc2)c1. The molecule has 94 valence electrons. The summed E-state index contributed by atoms with van der Waals surface area (Å²) in [6.45, 7) is 2.75. The predicted octanol–water partition coefficient (Wildman–Crippen LogP) is 2.13. The molecule has 2 heterocycles. The summed E-state index contributed by atoms with van der Waals surface area (Å²) in [5.41, 5.74) is 8.13. The summed E-state index contributed by atoms with van der Waals surface area (Å²) in [5.74, 6) is 0.925. The van der Waals surface area contributed by atoms with Gasteiger partial charge in [0.25, 0.3) is 0 Å². The van der Waals surface area contributed by atoms with Crippen molar-refractivity contribution >= 4 is 5.82 Å². The molecule has 4 nitrogen and oxygen atoms in total. The van der Waals surface area contributed by atoms with E-state index < -0.39 is 0 Å². The van der Waals surface area contributed by atoms with Gasteiger partial charge in [-0.05, 0) is 36.2 Å². The Morgan fingerprint density at radius 3 is 2.83 bits per heavy atom. The largest absolute Gasteiger partial charge is 0.355 e. The summed E-state index contributed by atoms with van der Waals surface area (Å²) in [6, 6.07) is 8.00. The van der Waals surface area contributed by atoms with Crippen LogP contribution >= 0.6 is 0 Å². The fourth-order valence-corrected chi connectivity index (χ4v) is 1.77. The van der Waals surface area contributed by atoms with Crippen molar-refractivity contribution in [2.24, 2.45) is 5.73 Å². The van der Waals surface area contributed by atoms with E-state index in [9.17, 15) is 0 Å². The van der Waals surface area contributed by atoms with Gasteiger partial charge in [0.15, 0.2) is 0 Å². The summed E-state index contributed by atoms with van der Waals surface area (Å²) in [6.07, 6.45) is 5.44. The maximum Gasteiger partial charge on any atom is 0.128 e. The molecule has 0 bridgehead atoms. The van der Waals surface area contributed by atoms with Crippen LogP contribution in [0, 0.1) is 0 Å². The first-order valence-electron chi connectivity index (χ1n) is 5.98. The number of nitrogens with two attached hydrogens (primary N) is 1. The number of anilines is 1. The highest BCUT2D eigenvalue weighted by Gasteiger charge is 2.06. The lowest BCUT2D eigenvalue weighted by molar-refractivity contribution is 0.809. The molecule has 18 heavy (non-hydrogen) atoms. The van der Waals surface area contributed by atoms with E-state index in [-0.39, 0.29) is 6.04 Å². The molecular formula is C14H18N4. The maximum atomic E-state index is 5.88. The van der Waals surface area contributed by atoms with Gasteiger partial charge in [0, 0.05) is 38.2 Å². The van der Waals surface area contributed by atoms with Crippen LogP contribution in [0.5, 0.6) is 0 Å². The van der Waals surface area contributed by atoms with Gasteiger partial charge >= 0.3 is 0 Å². The van der Waals surface area contributed by atoms with Gasteiger partial charge in [-0.25, -0.2) is 4.98 Å². The molecule has 1 unspecified atom stereocenters. The highest BCUT2D eigenvalue weighted by atomic mass is 15.2. The Labute approximate surface area is 107 Å². The number of hydrogen-bond donors (Lipinski definition) is 1. The maximum absolute atomic E-state index is 5.88. The van der Waals surface area contributed by atoms with Crippen molar-refractivity contribution in [3.8, 4) is 0 Å². The molecule has 0 aliphatic carbocycles. The van der Waals surface area contributed by atoms with Crippen molar-refractivity contribution in [1.82, 2.24) is 9.97 Å². The number of nitrogens with zero attached hydrogens (tertiary/aromatic N) is 3. The minimum Gasteiger partial charge on any atom is -0.355 e. The van der Waals surface area contributed by atoms with Gasteiger partial charge in [0.05, 0.1) is 0 Å². The van der Waals surface area contributed by atoms with Crippen LogP contribution in [0.25, 0.3) is 0 Å². The third-order valence-corrected chi connectivity index (χ3v) is 2.83. The lowest BCUT2D eigenvalue weighted by atomic mass is 10.1. The smallest absolute Gasteiger partial charge is 0.128 e. The van der Waals surface area contributed by atoms with Crippen LogP contribution in [0.4, 0.5) is 5.82 Å².